The molecule has 4 rings (SSSR count). The lowest BCUT2D eigenvalue weighted by atomic mass is 10.1. The summed E-state index contributed by atoms with van der Waals surface area (Å²) in [5.74, 6) is -0.454. The molecule has 1 amide bonds. The highest BCUT2D eigenvalue weighted by molar-refractivity contribution is 7.92. The summed E-state index contributed by atoms with van der Waals surface area (Å²) in [5.41, 5.74) is 4.18. The van der Waals surface area contributed by atoms with E-state index in [1.54, 1.807) is 48.8 Å². The van der Waals surface area contributed by atoms with Crippen LogP contribution >= 0.6 is 11.6 Å². The van der Waals surface area contributed by atoms with Crippen LogP contribution in [0.4, 0.5) is 11.4 Å². The molecule has 0 saturated heterocycles. The second-order valence-electron chi connectivity index (χ2n) is 8.08. The van der Waals surface area contributed by atoms with Crippen LogP contribution in [0, 0.1) is 6.92 Å². The third-order valence-electron chi connectivity index (χ3n) is 5.41. The van der Waals surface area contributed by atoms with Crippen molar-refractivity contribution >= 4 is 38.9 Å². The first kappa shape index (κ1) is 24.4. The molecule has 3 aromatic carbocycles. The molecule has 0 radical (unpaired) electrons. The van der Waals surface area contributed by atoms with Crippen molar-refractivity contribution in [1.29, 1.82) is 0 Å². The summed E-state index contributed by atoms with van der Waals surface area (Å²) in [7, 11) is -4.00. The Morgan fingerprint density at radius 3 is 2.09 bits per heavy atom. The average molecular weight is 506 g/mol. The number of carbonyl (C=O) groups is 1. The fourth-order valence-corrected chi connectivity index (χ4v) is 5.08. The molecule has 1 N–H and O–H groups in total. The van der Waals surface area contributed by atoms with E-state index in [1.165, 1.54) is 24.3 Å². The minimum absolute atomic E-state index is 0.0516. The molecule has 0 aliphatic rings. The van der Waals surface area contributed by atoms with Crippen LogP contribution in [0.15, 0.2) is 102 Å². The Hall–Kier alpha value is -3.68. The molecule has 0 fully saturated rings. The first-order valence-corrected chi connectivity index (χ1v) is 12.8. The van der Waals surface area contributed by atoms with Crippen molar-refractivity contribution in [3.8, 4) is 0 Å². The van der Waals surface area contributed by atoms with Gasteiger partial charge in [0.1, 0.15) is 6.54 Å². The van der Waals surface area contributed by atoms with Crippen LogP contribution in [-0.4, -0.2) is 25.9 Å². The van der Waals surface area contributed by atoms with Crippen molar-refractivity contribution < 1.29 is 13.2 Å². The molecule has 8 heteroatoms. The molecule has 0 unspecified atom stereocenters. The Morgan fingerprint density at radius 1 is 0.857 bits per heavy atom. The number of carbonyl (C=O) groups excluding carboxylic acids is 1. The van der Waals surface area contributed by atoms with Gasteiger partial charge in [-0.1, -0.05) is 41.4 Å². The zero-order valence-corrected chi connectivity index (χ0v) is 20.6. The van der Waals surface area contributed by atoms with Gasteiger partial charge in [0.15, 0.2) is 0 Å². The van der Waals surface area contributed by atoms with Crippen molar-refractivity contribution in [2.75, 3.05) is 16.2 Å². The molecule has 6 nitrogen and oxygen atoms in total. The van der Waals surface area contributed by atoms with Crippen molar-refractivity contribution in [2.24, 2.45) is 0 Å². The van der Waals surface area contributed by atoms with E-state index in [9.17, 15) is 13.2 Å². The number of aromatic nitrogens is 1. The second kappa shape index (κ2) is 10.7. The van der Waals surface area contributed by atoms with Gasteiger partial charge in [-0.2, -0.15) is 0 Å². The summed E-state index contributed by atoms with van der Waals surface area (Å²) in [6, 6.07) is 24.2. The first-order chi connectivity index (χ1) is 16.8. The van der Waals surface area contributed by atoms with Gasteiger partial charge in [-0.05, 0) is 85.1 Å². The number of sulfonamides is 1. The zero-order chi connectivity index (χ0) is 24.8. The zero-order valence-electron chi connectivity index (χ0n) is 19.1. The number of halogens is 1. The van der Waals surface area contributed by atoms with Gasteiger partial charge in [-0.15, -0.1) is 0 Å². The lowest BCUT2D eigenvalue weighted by Gasteiger charge is -2.24. The van der Waals surface area contributed by atoms with Gasteiger partial charge in [0.2, 0.25) is 5.91 Å². The number of amides is 1. The molecule has 0 aliphatic heterocycles. The molecule has 0 bridgehead atoms. The smallest absolute Gasteiger partial charge is 0.264 e. The van der Waals surface area contributed by atoms with Crippen molar-refractivity contribution in [1.82, 2.24) is 4.98 Å². The van der Waals surface area contributed by atoms with Crippen LogP contribution in [0.1, 0.15) is 16.7 Å². The number of aryl methyl sites for hydroxylation is 1. The van der Waals surface area contributed by atoms with Gasteiger partial charge in [0.25, 0.3) is 10.0 Å². The van der Waals surface area contributed by atoms with Crippen LogP contribution in [0.2, 0.25) is 5.02 Å². The minimum atomic E-state index is -4.00. The Labute approximate surface area is 210 Å². The summed E-state index contributed by atoms with van der Waals surface area (Å²) in [4.78, 5) is 17.0. The Balaban J connectivity index is 1.52. The molecule has 0 spiro atoms. The molecular weight excluding hydrogens is 482 g/mol. The van der Waals surface area contributed by atoms with Crippen LogP contribution < -0.4 is 9.62 Å². The molecule has 0 saturated carbocycles. The third kappa shape index (κ3) is 6.26. The lowest BCUT2D eigenvalue weighted by molar-refractivity contribution is -0.114. The highest BCUT2D eigenvalue weighted by Crippen LogP contribution is 2.25. The number of benzene rings is 3. The molecule has 1 heterocycles. The summed E-state index contributed by atoms with van der Waals surface area (Å²) in [6.07, 6.45) is 4.25. The van der Waals surface area contributed by atoms with E-state index in [2.05, 4.69) is 10.3 Å². The van der Waals surface area contributed by atoms with Crippen LogP contribution in [0.3, 0.4) is 0 Å². The van der Waals surface area contributed by atoms with E-state index >= 15 is 0 Å². The molecule has 178 valence electrons. The van der Waals surface area contributed by atoms with E-state index in [-0.39, 0.29) is 11.4 Å². The molecule has 4 aromatic rings. The van der Waals surface area contributed by atoms with E-state index in [0.29, 0.717) is 16.4 Å². The number of pyridine rings is 1. The summed E-state index contributed by atoms with van der Waals surface area (Å²) < 4.78 is 28.0. The number of nitrogens with one attached hydrogen (secondary N) is 1. The summed E-state index contributed by atoms with van der Waals surface area (Å²) in [5, 5.41) is 3.23. The minimum Gasteiger partial charge on any atom is -0.325 e. The summed E-state index contributed by atoms with van der Waals surface area (Å²) >= 11 is 5.93. The monoisotopic (exact) mass is 505 g/mol. The van der Waals surface area contributed by atoms with Crippen molar-refractivity contribution in [2.45, 2.75) is 18.2 Å². The maximum absolute atomic E-state index is 13.4. The maximum atomic E-state index is 13.4. The van der Waals surface area contributed by atoms with Crippen LogP contribution in [0.25, 0.3) is 0 Å². The van der Waals surface area contributed by atoms with Gasteiger partial charge in [0, 0.05) is 23.1 Å². The van der Waals surface area contributed by atoms with E-state index < -0.39 is 15.9 Å². The fraction of sp³-hybridized carbons (Fsp3) is 0.111. The molecule has 1 aromatic heterocycles. The molecular formula is C27H24ClN3O3S. The number of nitrogens with zero attached hydrogens (tertiary/aromatic N) is 2. The van der Waals surface area contributed by atoms with Gasteiger partial charge < -0.3 is 5.32 Å². The van der Waals surface area contributed by atoms with Gasteiger partial charge in [-0.3, -0.25) is 14.1 Å². The van der Waals surface area contributed by atoms with Gasteiger partial charge in [-0.25, -0.2) is 8.42 Å². The Morgan fingerprint density at radius 2 is 1.46 bits per heavy atom. The first-order valence-electron chi connectivity index (χ1n) is 10.9. The Kier molecular flexibility index (Phi) is 7.48. The van der Waals surface area contributed by atoms with Crippen LogP contribution in [-0.2, 0) is 21.2 Å². The maximum Gasteiger partial charge on any atom is 0.264 e. The molecule has 0 atom stereocenters. The van der Waals surface area contributed by atoms with Gasteiger partial charge >= 0.3 is 0 Å². The van der Waals surface area contributed by atoms with E-state index in [1.807, 2.05) is 31.2 Å². The lowest BCUT2D eigenvalue weighted by Crippen LogP contribution is -2.38. The predicted octanol–water partition coefficient (Wildman–Crippen LogP) is 5.47. The highest BCUT2D eigenvalue weighted by Gasteiger charge is 2.27. The number of anilines is 2. The normalized spacial score (nSPS) is 11.1. The van der Waals surface area contributed by atoms with E-state index in [4.69, 9.17) is 11.6 Å². The summed E-state index contributed by atoms with van der Waals surface area (Å²) in [6.45, 7) is 1.53. The fourth-order valence-electron chi connectivity index (χ4n) is 3.53. The largest absolute Gasteiger partial charge is 0.325 e. The van der Waals surface area contributed by atoms with Crippen molar-refractivity contribution in [3.05, 3.63) is 119 Å². The highest BCUT2D eigenvalue weighted by atomic mass is 35.5. The number of rotatable bonds is 8. The van der Waals surface area contributed by atoms with E-state index in [0.717, 1.165) is 27.4 Å². The molecule has 35 heavy (non-hydrogen) atoms. The Bertz CT molecular complexity index is 1390. The third-order valence-corrected chi connectivity index (χ3v) is 7.45. The van der Waals surface area contributed by atoms with Crippen LogP contribution in [0.5, 0.6) is 0 Å². The number of hydrogen-bond donors (Lipinski definition) is 1. The predicted molar refractivity (Wildman–Crippen MR) is 139 cm³/mol. The quantitative estimate of drug-likeness (QED) is 0.344. The number of hydrogen-bond acceptors (Lipinski definition) is 4. The topological polar surface area (TPSA) is 79.4 Å². The van der Waals surface area contributed by atoms with Gasteiger partial charge in [0.05, 0.1) is 10.6 Å². The second-order valence-corrected chi connectivity index (χ2v) is 10.4. The average Bonchev–Trinajstić information content (AvgIpc) is 2.85. The standard InChI is InChI=1S/C27H24ClN3O3S/c1-20-2-10-25(11-3-20)31(35(33,34)26-12-6-23(28)7-13-26)19-27(32)30-24-8-4-21(5-9-24)18-22-14-16-29-17-15-22/h2-17H,18-19H2,1H3,(H,30,32). The molecule has 0 aliphatic carbocycles. The SMILES string of the molecule is Cc1ccc(N(CC(=O)Nc2ccc(Cc3ccncc3)cc2)S(=O)(=O)c2ccc(Cl)cc2)cc1. The van der Waals surface area contributed by atoms with Crippen molar-refractivity contribution in [3.63, 3.8) is 0 Å².